The van der Waals surface area contributed by atoms with E-state index >= 15 is 0 Å². The van der Waals surface area contributed by atoms with Gasteiger partial charge in [0.25, 0.3) is 0 Å². The number of pyridine rings is 1. The second-order valence-electron chi connectivity index (χ2n) is 4.07. The van der Waals surface area contributed by atoms with Gasteiger partial charge in [-0.15, -0.1) is 0 Å². The molecule has 110 valence electrons. The molecule has 0 bridgehead atoms. The standard InChI is InChI=1S/C9H14N.C4H9NO3.H3N/c1-2-3-7-10-8-5-4-6-9-10;1-2(6)3(5)4(7)8;/h4-6,8-9H,2-3,7H2,1H3;2-3,6H,5H2,1H3,(H,7,8);1H3/q+1;;. The second kappa shape index (κ2) is 11.6. The van der Waals surface area contributed by atoms with Crippen molar-refractivity contribution in [3.05, 3.63) is 30.6 Å². The van der Waals surface area contributed by atoms with Gasteiger partial charge in [-0.1, -0.05) is 19.4 Å². The third-order valence-electron chi connectivity index (χ3n) is 2.35. The minimum absolute atomic E-state index is 0. The Labute approximate surface area is 114 Å². The fourth-order valence-corrected chi connectivity index (χ4v) is 1.13. The van der Waals surface area contributed by atoms with Gasteiger partial charge in [0.1, 0.15) is 12.6 Å². The van der Waals surface area contributed by atoms with Crippen LogP contribution in [0.25, 0.3) is 0 Å². The third kappa shape index (κ3) is 10.1. The molecule has 7 N–H and O–H groups in total. The molecule has 0 aromatic carbocycles. The van der Waals surface area contributed by atoms with Crippen LogP contribution in [0.15, 0.2) is 30.6 Å². The molecule has 1 aromatic rings. The largest absolute Gasteiger partial charge is 0.480 e. The van der Waals surface area contributed by atoms with Crippen molar-refractivity contribution in [1.82, 2.24) is 6.15 Å². The van der Waals surface area contributed by atoms with Crippen LogP contribution < -0.4 is 16.5 Å². The van der Waals surface area contributed by atoms with Crippen molar-refractivity contribution >= 4 is 5.97 Å². The van der Waals surface area contributed by atoms with E-state index in [0.717, 1.165) is 6.54 Å². The molecular weight excluding hydrogens is 246 g/mol. The highest BCUT2D eigenvalue weighted by Gasteiger charge is 2.16. The Morgan fingerprint density at radius 2 is 1.84 bits per heavy atom. The zero-order valence-electron chi connectivity index (χ0n) is 11.7. The van der Waals surface area contributed by atoms with Gasteiger partial charge in [0, 0.05) is 18.6 Å². The maximum atomic E-state index is 9.86. The summed E-state index contributed by atoms with van der Waals surface area (Å²) in [6.07, 6.45) is 5.77. The van der Waals surface area contributed by atoms with E-state index in [0.29, 0.717) is 0 Å². The number of aliphatic carboxylic acids is 1. The topological polar surface area (TPSA) is 122 Å². The zero-order valence-corrected chi connectivity index (χ0v) is 11.7. The maximum Gasteiger partial charge on any atom is 0.323 e. The number of carboxylic acid groups (broad SMARTS) is 1. The molecule has 0 radical (unpaired) electrons. The van der Waals surface area contributed by atoms with Gasteiger partial charge in [0.15, 0.2) is 12.4 Å². The van der Waals surface area contributed by atoms with Gasteiger partial charge < -0.3 is 22.1 Å². The highest BCUT2D eigenvalue weighted by atomic mass is 16.4. The number of carboxylic acids is 1. The molecule has 0 aliphatic carbocycles. The van der Waals surface area contributed by atoms with Gasteiger partial charge in [-0.25, -0.2) is 4.57 Å². The number of aryl methyl sites for hydroxylation is 1. The van der Waals surface area contributed by atoms with Gasteiger partial charge in [-0.2, -0.15) is 0 Å². The third-order valence-corrected chi connectivity index (χ3v) is 2.35. The molecule has 19 heavy (non-hydrogen) atoms. The van der Waals surface area contributed by atoms with Crippen molar-refractivity contribution in [1.29, 1.82) is 0 Å². The van der Waals surface area contributed by atoms with E-state index < -0.39 is 18.1 Å². The van der Waals surface area contributed by atoms with E-state index in [9.17, 15) is 4.79 Å². The number of aliphatic hydroxyl groups is 1. The first-order valence-corrected chi connectivity index (χ1v) is 6.09. The summed E-state index contributed by atoms with van der Waals surface area (Å²) in [4.78, 5) is 9.86. The van der Waals surface area contributed by atoms with E-state index in [-0.39, 0.29) is 6.15 Å². The molecule has 0 amide bonds. The smallest absolute Gasteiger partial charge is 0.323 e. The summed E-state index contributed by atoms with van der Waals surface area (Å²) >= 11 is 0. The summed E-state index contributed by atoms with van der Waals surface area (Å²) in [5.74, 6) is -1.18. The molecule has 6 heteroatoms. The lowest BCUT2D eigenvalue weighted by Crippen LogP contribution is -2.39. The Kier molecular flexibility index (Phi) is 12.1. The molecule has 0 saturated heterocycles. The number of nitrogens with two attached hydrogens (primary N) is 1. The molecule has 2 atom stereocenters. The number of hydrogen-bond acceptors (Lipinski definition) is 4. The lowest BCUT2D eigenvalue weighted by Gasteiger charge is -2.06. The Morgan fingerprint density at radius 1 is 1.32 bits per heavy atom. The fraction of sp³-hybridized carbons (Fsp3) is 0.538. The lowest BCUT2D eigenvalue weighted by molar-refractivity contribution is -0.697. The Balaban J connectivity index is 0. The summed E-state index contributed by atoms with van der Waals surface area (Å²) in [5, 5.41) is 16.6. The van der Waals surface area contributed by atoms with Crippen molar-refractivity contribution in [2.75, 3.05) is 0 Å². The normalized spacial score (nSPS) is 12.4. The maximum absolute atomic E-state index is 9.86. The van der Waals surface area contributed by atoms with Gasteiger partial charge >= 0.3 is 5.97 Å². The van der Waals surface area contributed by atoms with Gasteiger partial charge in [0.05, 0.1) is 6.10 Å². The second-order valence-corrected chi connectivity index (χ2v) is 4.07. The number of aromatic nitrogens is 1. The Bertz CT molecular complexity index is 331. The molecule has 2 unspecified atom stereocenters. The van der Waals surface area contributed by atoms with Crippen LogP contribution in [0.1, 0.15) is 26.7 Å². The summed E-state index contributed by atoms with van der Waals surface area (Å²) < 4.78 is 2.21. The first-order chi connectivity index (χ1) is 8.49. The van der Waals surface area contributed by atoms with E-state index in [4.69, 9.17) is 15.9 Å². The van der Waals surface area contributed by atoms with E-state index in [1.807, 2.05) is 6.07 Å². The lowest BCUT2D eigenvalue weighted by atomic mass is 10.2. The molecule has 1 aromatic heterocycles. The molecule has 0 spiro atoms. The molecule has 0 saturated carbocycles. The Hall–Kier alpha value is -1.50. The van der Waals surface area contributed by atoms with Crippen LogP contribution in [0.2, 0.25) is 0 Å². The number of carbonyl (C=O) groups is 1. The fourth-order valence-electron chi connectivity index (χ4n) is 1.13. The number of aliphatic hydroxyl groups excluding tert-OH is 1. The summed E-state index contributed by atoms with van der Waals surface area (Å²) in [7, 11) is 0. The molecule has 0 aliphatic heterocycles. The molecule has 1 rings (SSSR count). The van der Waals surface area contributed by atoms with Crippen molar-refractivity contribution in [2.24, 2.45) is 5.73 Å². The van der Waals surface area contributed by atoms with Crippen molar-refractivity contribution in [2.45, 2.75) is 45.4 Å². The number of hydrogen-bond donors (Lipinski definition) is 4. The summed E-state index contributed by atoms with van der Waals surface area (Å²) in [5.41, 5.74) is 4.91. The van der Waals surface area contributed by atoms with Gasteiger partial charge in [-0.05, 0) is 6.92 Å². The SMILES string of the molecule is CC(O)C(N)C(=O)O.CCCC[n+]1ccccc1.N. The van der Waals surface area contributed by atoms with Crippen molar-refractivity contribution in [3.63, 3.8) is 0 Å². The number of unbranched alkanes of at least 4 members (excludes halogenated alkanes) is 1. The molecule has 6 nitrogen and oxygen atoms in total. The predicted molar refractivity (Wildman–Crippen MR) is 73.9 cm³/mol. The highest BCUT2D eigenvalue weighted by molar-refractivity contribution is 5.73. The zero-order chi connectivity index (χ0) is 14.0. The number of rotatable bonds is 5. The van der Waals surface area contributed by atoms with Crippen molar-refractivity contribution in [3.8, 4) is 0 Å². The van der Waals surface area contributed by atoms with Crippen LogP contribution in [0.4, 0.5) is 0 Å². The monoisotopic (exact) mass is 272 g/mol. The Morgan fingerprint density at radius 3 is 2.16 bits per heavy atom. The van der Waals surface area contributed by atoms with E-state index in [1.54, 1.807) is 0 Å². The molecular formula is C13H26N3O3+. The van der Waals surface area contributed by atoms with Crippen LogP contribution in [-0.2, 0) is 11.3 Å². The first kappa shape index (κ1) is 19.8. The molecule has 1 heterocycles. The van der Waals surface area contributed by atoms with Crippen molar-refractivity contribution < 1.29 is 19.6 Å². The van der Waals surface area contributed by atoms with Gasteiger partial charge in [0.2, 0.25) is 0 Å². The predicted octanol–water partition coefficient (Wildman–Crippen LogP) is 0.715. The van der Waals surface area contributed by atoms with Crippen LogP contribution in [0.5, 0.6) is 0 Å². The average Bonchev–Trinajstić information content (AvgIpc) is 2.37. The highest BCUT2D eigenvalue weighted by Crippen LogP contribution is 1.86. The molecule has 0 fully saturated rings. The minimum atomic E-state index is -1.18. The average molecular weight is 272 g/mol. The van der Waals surface area contributed by atoms with Gasteiger partial charge in [-0.3, -0.25) is 4.79 Å². The summed E-state index contributed by atoms with van der Waals surface area (Å²) in [6, 6.07) is 5.02. The van der Waals surface area contributed by atoms with E-state index in [1.165, 1.54) is 19.8 Å². The van der Waals surface area contributed by atoms with Crippen LogP contribution in [0.3, 0.4) is 0 Å². The minimum Gasteiger partial charge on any atom is -0.480 e. The van der Waals surface area contributed by atoms with Crippen LogP contribution in [0, 0.1) is 0 Å². The first-order valence-electron chi connectivity index (χ1n) is 6.09. The van der Waals surface area contributed by atoms with Crippen LogP contribution >= 0.6 is 0 Å². The number of nitrogens with zero attached hydrogens (tertiary/aromatic N) is 1. The quantitative estimate of drug-likeness (QED) is 0.588. The van der Waals surface area contributed by atoms with E-state index in [2.05, 4.69) is 36.0 Å². The molecule has 0 aliphatic rings. The van der Waals surface area contributed by atoms with Crippen LogP contribution in [-0.4, -0.2) is 28.3 Å². The summed E-state index contributed by atoms with van der Waals surface area (Å²) in [6.45, 7) is 4.69.